The van der Waals surface area contributed by atoms with Crippen molar-refractivity contribution in [3.05, 3.63) is 35.4 Å². The van der Waals surface area contributed by atoms with E-state index in [-0.39, 0.29) is 6.04 Å². The van der Waals surface area contributed by atoms with Crippen LogP contribution in [0, 0.1) is 0 Å². The third-order valence-electron chi connectivity index (χ3n) is 5.43. The largest absolute Gasteiger partial charge is 0.416 e. The minimum absolute atomic E-state index is 0.278. The molecule has 2 N–H and O–H groups in total. The number of nitrogens with zero attached hydrogens (tertiary/aromatic N) is 3. The molecule has 0 spiro atoms. The molecular weight excluding hydrogens is 395 g/mol. The lowest BCUT2D eigenvalue weighted by molar-refractivity contribution is -0.137. The van der Waals surface area contributed by atoms with E-state index in [9.17, 15) is 13.2 Å². The normalized spacial score (nSPS) is 21.7. The van der Waals surface area contributed by atoms with Crippen LogP contribution in [-0.4, -0.2) is 80.8 Å². The third kappa shape index (κ3) is 7.14. The van der Waals surface area contributed by atoms with Gasteiger partial charge in [0.25, 0.3) is 0 Å². The Morgan fingerprint density at radius 1 is 1.13 bits per heavy atom. The fourth-order valence-corrected chi connectivity index (χ4v) is 3.79. The van der Waals surface area contributed by atoms with Gasteiger partial charge in [0, 0.05) is 51.9 Å². The molecule has 1 aromatic carbocycles. The lowest BCUT2D eigenvalue weighted by atomic mass is 10.1. The summed E-state index contributed by atoms with van der Waals surface area (Å²) in [5, 5.41) is 6.81. The Labute approximate surface area is 176 Å². The van der Waals surface area contributed by atoms with Gasteiger partial charge in [0.1, 0.15) is 0 Å². The van der Waals surface area contributed by atoms with Crippen molar-refractivity contribution in [2.45, 2.75) is 32.1 Å². The zero-order valence-electron chi connectivity index (χ0n) is 17.5. The summed E-state index contributed by atoms with van der Waals surface area (Å²) < 4.78 is 43.5. The Bertz CT molecular complexity index is 674. The molecule has 1 aromatic rings. The van der Waals surface area contributed by atoms with E-state index in [1.54, 1.807) is 12.1 Å². The van der Waals surface area contributed by atoms with Crippen molar-refractivity contribution < 1.29 is 17.9 Å². The Morgan fingerprint density at radius 3 is 2.53 bits per heavy atom. The van der Waals surface area contributed by atoms with E-state index in [0.717, 1.165) is 89.1 Å². The Morgan fingerprint density at radius 2 is 1.87 bits per heavy atom. The molecule has 2 aliphatic rings. The Kier molecular flexibility index (Phi) is 8.35. The number of hydrogen-bond acceptors (Lipinski definition) is 4. The van der Waals surface area contributed by atoms with E-state index in [1.807, 2.05) is 6.92 Å². The van der Waals surface area contributed by atoms with E-state index >= 15 is 0 Å². The highest BCUT2D eigenvalue weighted by Crippen LogP contribution is 2.29. The van der Waals surface area contributed by atoms with E-state index in [1.165, 1.54) is 0 Å². The summed E-state index contributed by atoms with van der Waals surface area (Å²) in [5.41, 5.74) is 0.297. The number of likely N-dealkylation sites (tertiary alicyclic amines) is 1. The maximum Gasteiger partial charge on any atom is 0.416 e. The molecule has 30 heavy (non-hydrogen) atoms. The molecule has 2 aliphatic heterocycles. The lowest BCUT2D eigenvalue weighted by Gasteiger charge is -2.26. The van der Waals surface area contributed by atoms with Gasteiger partial charge in [-0.1, -0.05) is 12.1 Å². The van der Waals surface area contributed by atoms with Crippen LogP contribution in [0.4, 0.5) is 13.2 Å². The molecule has 2 heterocycles. The number of benzene rings is 1. The van der Waals surface area contributed by atoms with Crippen molar-refractivity contribution in [2.24, 2.45) is 4.99 Å². The first-order valence-electron chi connectivity index (χ1n) is 10.7. The molecule has 9 heteroatoms. The van der Waals surface area contributed by atoms with Gasteiger partial charge in [0.15, 0.2) is 5.96 Å². The smallest absolute Gasteiger partial charge is 0.379 e. The molecule has 0 amide bonds. The number of rotatable bonds is 7. The molecule has 1 atom stereocenters. The molecule has 2 saturated heterocycles. The number of morpholine rings is 1. The summed E-state index contributed by atoms with van der Waals surface area (Å²) in [6.45, 7) is 10.4. The lowest BCUT2D eigenvalue weighted by Crippen LogP contribution is -2.45. The first-order valence-corrected chi connectivity index (χ1v) is 10.7. The summed E-state index contributed by atoms with van der Waals surface area (Å²) in [4.78, 5) is 9.32. The monoisotopic (exact) mass is 427 g/mol. The van der Waals surface area contributed by atoms with Gasteiger partial charge in [-0.2, -0.15) is 13.2 Å². The van der Waals surface area contributed by atoms with Gasteiger partial charge >= 0.3 is 6.18 Å². The minimum atomic E-state index is -4.29. The van der Waals surface area contributed by atoms with Crippen LogP contribution < -0.4 is 10.6 Å². The first kappa shape index (κ1) is 22.8. The minimum Gasteiger partial charge on any atom is -0.379 e. The SMILES string of the molecule is CCNC(=NCCN1CCOCC1)NC1CCN(Cc2ccc(C(F)(F)F)cc2)C1. The molecule has 0 saturated carbocycles. The number of nitrogens with one attached hydrogen (secondary N) is 2. The number of guanidine groups is 1. The zero-order chi connectivity index (χ0) is 21.4. The summed E-state index contributed by atoms with van der Waals surface area (Å²) in [5.74, 6) is 0.826. The van der Waals surface area contributed by atoms with Crippen LogP contribution in [0.15, 0.2) is 29.3 Å². The first-order chi connectivity index (χ1) is 14.4. The van der Waals surface area contributed by atoms with E-state index in [2.05, 4.69) is 20.4 Å². The van der Waals surface area contributed by atoms with Crippen LogP contribution in [0.3, 0.4) is 0 Å². The van der Waals surface area contributed by atoms with Gasteiger partial charge < -0.3 is 15.4 Å². The van der Waals surface area contributed by atoms with Gasteiger partial charge in [-0.25, -0.2) is 0 Å². The van der Waals surface area contributed by atoms with Gasteiger partial charge in [-0.3, -0.25) is 14.8 Å². The second-order valence-corrected chi connectivity index (χ2v) is 7.77. The highest BCUT2D eigenvalue weighted by atomic mass is 19.4. The van der Waals surface area contributed by atoms with Crippen molar-refractivity contribution in [1.29, 1.82) is 0 Å². The van der Waals surface area contributed by atoms with Gasteiger partial charge in [0.05, 0.1) is 25.3 Å². The molecule has 0 radical (unpaired) electrons. The van der Waals surface area contributed by atoms with E-state index in [0.29, 0.717) is 6.54 Å². The fraction of sp³-hybridized carbons (Fsp3) is 0.667. The molecule has 3 rings (SSSR count). The highest BCUT2D eigenvalue weighted by molar-refractivity contribution is 5.80. The van der Waals surface area contributed by atoms with Crippen LogP contribution in [0.2, 0.25) is 0 Å². The van der Waals surface area contributed by atoms with Gasteiger partial charge in [-0.05, 0) is 31.0 Å². The average molecular weight is 428 g/mol. The number of ether oxygens (including phenoxy) is 1. The molecule has 0 aromatic heterocycles. The third-order valence-corrected chi connectivity index (χ3v) is 5.43. The molecule has 0 bridgehead atoms. The number of halogens is 3. The van der Waals surface area contributed by atoms with Crippen molar-refractivity contribution in [2.75, 3.05) is 59.0 Å². The van der Waals surface area contributed by atoms with Crippen LogP contribution in [0.1, 0.15) is 24.5 Å². The molecule has 168 valence electrons. The van der Waals surface area contributed by atoms with Gasteiger partial charge in [-0.15, -0.1) is 0 Å². The highest BCUT2D eigenvalue weighted by Gasteiger charge is 2.30. The Balaban J connectivity index is 1.45. The van der Waals surface area contributed by atoms with Crippen molar-refractivity contribution >= 4 is 5.96 Å². The number of aliphatic imine (C=N–C) groups is 1. The fourth-order valence-electron chi connectivity index (χ4n) is 3.79. The summed E-state index contributed by atoms with van der Waals surface area (Å²) in [6.07, 6.45) is -3.31. The topological polar surface area (TPSA) is 52.1 Å². The summed E-state index contributed by atoms with van der Waals surface area (Å²) in [6, 6.07) is 5.74. The summed E-state index contributed by atoms with van der Waals surface area (Å²) >= 11 is 0. The molecule has 2 fully saturated rings. The second-order valence-electron chi connectivity index (χ2n) is 7.77. The van der Waals surface area contributed by atoms with Crippen LogP contribution in [-0.2, 0) is 17.5 Å². The van der Waals surface area contributed by atoms with E-state index in [4.69, 9.17) is 9.73 Å². The van der Waals surface area contributed by atoms with Crippen molar-refractivity contribution in [3.63, 3.8) is 0 Å². The number of alkyl halides is 3. The van der Waals surface area contributed by atoms with Crippen molar-refractivity contribution in [1.82, 2.24) is 20.4 Å². The number of hydrogen-bond donors (Lipinski definition) is 2. The molecular formula is C21H32F3N5O. The predicted molar refractivity (Wildman–Crippen MR) is 111 cm³/mol. The van der Waals surface area contributed by atoms with Crippen molar-refractivity contribution in [3.8, 4) is 0 Å². The van der Waals surface area contributed by atoms with E-state index < -0.39 is 11.7 Å². The Hall–Kier alpha value is -1.84. The predicted octanol–water partition coefficient (Wildman–Crippen LogP) is 2.17. The maximum absolute atomic E-state index is 12.7. The molecule has 0 aliphatic carbocycles. The molecule has 6 nitrogen and oxygen atoms in total. The molecule has 1 unspecified atom stereocenters. The second kappa shape index (κ2) is 11.0. The summed E-state index contributed by atoms with van der Waals surface area (Å²) in [7, 11) is 0. The van der Waals surface area contributed by atoms with Crippen LogP contribution in [0.25, 0.3) is 0 Å². The van der Waals surface area contributed by atoms with Crippen LogP contribution in [0.5, 0.6) is 0 Å². The maximum atomic E-state index is 12.7. The van der Waals surface area contributed by atoms with Gasteiger partial charge in [0.2, 0.25) is 0 Å². The quantitative estimate of drug-likeness (QED) is 0.516. The standard InChI is InChI=1S/C21H32F3N5O/c1-2-25-20(26-8-10-28-11-13-30-14-12-28)27-19-7-9-29(16-19)15-17-3-5-18(6-4-17)21(22,23)24/h3-6,19H,2,7-16H2,1H3,(H2,25,26,27). The zero-order valence-corrected chi connectivity index (χ0v) is 17.5. The average Bonchev–Trinajstić information content (AvgIpc) is 3.15. The van der Waals surface area contributed by atoms with Crippen LogP contribution >= 0.6 is 0 Å².